The van der Waals surface area contributed by atoms with Crippen molar-refractivity contribution in [3.8, 4) is 6.07 Å². The van der Waals surface area contributed by atoms with Crippen LogP contribution in [0.3, 0.4) is 0 Å². The highest BCUT2D eigenvalue weighted by atomic mass is 14.7. The van der Waals surface area contributed by atoms with Gasteiger partial charge in [-0.1, -0.05) is 18.2 Å². The van der Waals surface area contributed by atoms with Crippen LogP contribution in [0.25, 0.3) is 10.9 Å². The number of nitrogens with one attached hydrogen (secondary N) is 1. The first-order valence-corrected chi connectivity index (χ1v) is 5.84. The van der Waals surface area contributed by atoms with Crippen LogP contribution in [0.4, 0.5) is 0 Å². The molecule has 2 heteroatoms. The van der Waals surface area contributed by atoms with E-state index in [1.807, 2.05) is 0 Å². The first-order valence-electron chi connectivity index (χ1n) is 5.84. The molecule has 80 valence electrons. The summed E-state index contributed by atoms with van der Waals surface area (Å²) in [4.78, 5) is 3.50. The third kappa shape index (κ3) is 1.40. The molecule has 0 radical (unpaired) electrons. The van der Waals surface area contributed by atoms with Crippen molar-refractivity contribution >= 4 is 10.9 Å². The Hall–Kier alpha value is -1.75. The lowest BCUT2D eigenvalue weighted by Gasteiger charge is -2.19. The van der Waals surface area contributed by atoms with Gasteiger partial charge < -0.3 is 4.98 Å². The lowest BCUT2D eigenvalue weighted by molar-refractivity contribution is 0.467. The van der Waals surface area contributed by atoms with E-state index in [4.69, 9.17) is 5.26 Å². The molecule has 0 spiro atoms. The molecule has 16 heavy (non-hydrogen) atoms. The fourth-order valence-corrected chi connectivity index (χ4v) is 2.74. The standard InChI is InChI=1S/C14H14N2/c15-8-7-10-5-6-14-12(9-10)11-3-1-2-4-13(11)16-14/h1-4,10,16H,5-7,9H2/t10-/m1/s1. The first kappa shape index (κ1) is 9.47. The number of nitriles is 1. The van der Waals surface area contributed by atoms with Crippen molar-refractivity contribution in [3.05, 3.63) is 35.5 Å². The Balaban J connectivity index is 2.05. The maximum Gasteiger partial charge on any atom is 0.0624 e. The Morgan fingerprint density at radius 1 is 1.38 bits per heavy atom. The van der Waals surface area contributed by atoms with Crippen LogP contribution in [0.15, 0.2) is 24.3 Å². The summed E-state index contributed by atoms with van der Waals surface area (Å²) in [5, 5.41) is 10.1. The second kappa shape index (κ2) is 3.68. The van der Waals surface area contributed by atoms with E-state index in [1.54, 1.807) is 0 Å². The van der Waals surface area contributed by atoms with Crippen molar-refractivity contribution < 1.29 is 0 Å². The number of benzene rings is 1. The van der Waals surface area contributed by atoms with Gasteiger partial charge in [0.1, 0.15) is 0 Å². The number of hydrogen-bond donors (Lipinski definition) is 1. The molecule has 1 N–H and O–H groups in total. The topological polar surface area (TPSA) is 39.6 Å². The van der Waals surface area contributed by atoms with E-state index >= 15 is 0 Å². The molecule has 0 aliphatic heterocycles. The van der Waals surface area contributed by atoms with E-state index in [0.717, 1.165) is 19.3 Å². The van der Waals surface area contributed by atoms with E-state index in [2.05, 4.69) is 35.3 Å². The monoisotopic (exact) mass is 210 g/mol. The van der Waals surface area contributed by atoms with Crippen LogP contribution in [0.2, 0.25) is 0 Å². The highest BCUT2D eigenvalue weighted by Gasteiger charge is 2.21. The highest BCUT2D eigenvalue weighted by Crippen LogP contribution is 2.32. The fourth-order valence-electron chi connectivity index (χ4n) is 2.74. The molecule has 0 saturated carbocycles. The van der Waals surface area contributed by atoms with Crippen LogP contribution in [0.1, 0.15) is 24.1 Å². The molecule has 2 nitrogen and oxygen atoms in total. The number of para-hydroxylation sites is 1. The molecule has 0 fully saturated rings. The quantitative estimate of drug-likeness (QED) is 0.771. The van der Waals surface area contributed by atoms with Crippen molar-refractivity contribution in [2.24, 2.45) is 5.92 Å². The Bertz CT molecular complexity index is 560. The minimum atomic E-state index is 0.553. The summed E-state index contributed by atoms with van der Waals surface area (Å²) < 4.78 is 0. The van der Waals surface area contributed by atoms with Gasteiger partial charge in [0.25, 0.3) is 0 Å². The lowest BCUT2D eigenvalue weighted by atomic mass is 9.85. The predicted molar refractivity (Wildman–Crippen MR) is 64.0 cm³/mol. The van der Waals surface area contributed by atoms with E-state index in [0.29, 0.717) is 12.3 Å². The minimum absolute atomic E-state index is 0.553. The third-order valence-electron chi connectivity index (χ3n) is 3.58. The number of H-pyrrole nitrogens is 1. The summed E-state index contributed by atoms with van der Waals surface area (Å²) in [6, 6.07) is 10.8. The molecule has 0 saturated heterocycles. The molecule has 1 aromatic heterocycles. The van der Waals surface area contributed by atoms with Gasteiger partial charge in [0.15, 0.2) is 0 Å². The normalized spacial score (nSPS) is 19.3. The van der Waals surface area contributed by atoms with Crippen molar-refractivity contribution in [1.82, 2.24) is 4.98 Å². The number of hydrogen-bond acceptors (Lipinski definition) is 1. The molecular weight excluding hydrogens is 196 g/mol. The van der Waals surface area contributed by atoms with E-state index in [9.17, 15) is 0 Å². The van der Waals surface area contributed by atoms with E-state index in [-0.39, 0.29) is 0 Å². The number of nitrogens with zero attached hydrogens (tertiary/aromatic N) is 1. The van der Waals surface area contributed by atoms with Gasteiger partial charge in [0.2, 0.25) is 0 Å². The molecule has 1 atom stereocenters. The molecule has 1 aliphatic rings. The second-order valence-electron chi connectivity index (χ2n) is 4.60. The van der Waals surface area contributed by atoms with Gasteiger partial charge in [-0.25, -0.2) is 0 Å². The summed E-state index contributed by atoms with van der Waals surface area (Å²) in [5.74, 6) is 0.553. The summed E-state index contributed by atoms with van der Waals surface area (Å²) >= 11 is 0. The highest BCUT2D eigenvalue weighted by molar-refractivity contribution is 5.84. The molecule has 1 aromatic carbocycles. The van der Waals surface area contributed by atoms with Gasteiger partial charge in [-0.05, 0) is 36.8 Å². The molecule has 3 rings (SSSR count). The molecule has 1 aliphatic carbocycles. The van der Waals surface area contributed by atoms with Crippen molar-refractivity contribution in [1.29, 1.82) is 5.26 Å². The van der Waals surface area contributed by atoms with Crippen LogP contribution in [-0.2, 0) is 12.8 Å². The smallest absolute Gasteiger partial charge is 0.0624 e. The SMILES string of the molecule is N#CC[C@H]1CCc2[nH]c3ccccc3c2C1. The summed E-state index contributed by atoms with van der Waals surface area (Å²) in [6.07, 6.45) is 4.00. The molecule has 0 amide bonds. The molecule has 2 aromatic rings. The largest absolute Gasteiger partial charge is 0.358 e. The van der Waals surface area contributed by atoms with Crippen LogP contribution in [-0.4, -0.2) is 4.98 Å². The zero-order chi connectivity index (χ0) is 11.0. The Morgan fingerprint density at radius 2 is 2.25 bits per heavy atom. The van der Waals surface area contributed by atoms with Gasteiger partial charge in [-0.2, -0.15) is 5.26 Å². The summed E-state index contributed by atoms with van der Waals surface area (Å²) in [5.41, 5.74) is 4.07. The number of rotatable bonds is 1. The second-order valence-corrected chi connectivity index (χ2v) is 4.60. The molecule has 0 unspecified atom stereocenters. The van der Waals surface area contributed by atoms with Crippen LogP contribution in [0, 0.1) is 17.2 Å². The Morgan fingerprint density at radius 3 is 3.12 bits per heavy atom. The molecule has 0 bridgehead atoms. The Labute approximate surface area is 94.9 Å². The van der Waals surface area contributed by atoms with E-state index < -0.39 is 0 Å². The maximum atomic E-state index is 8.77. The van der Waals surface area contributed by atoms with Crippen molar-refractivity contribution in [2.75, 3.05) is 0 Å². The lowest BCUT2D eigenvalue weighted by Crippen LogP contribution is -2.12. The van der Waals surface area contributed by atoms with E-state index in [1.165, 1.54) is 22.2 Å². The summed E-state index contributed by atoms with van der Waals surface area (Å²) in [6.45, 7) is 0. The average molecular weight is 210 g/mol. The number of aromatic amines is 1. The van der Waals surface area contributed by atoms with Crippen LogP contribution >= 0.6 is 0 Å². The first-order chi connectivity index (χ1) is 7.88. The molecule has 1 heterocycles. The summed E-state index contributed by atoms with van der Waals surface area (Å²) in [7, 11) is 0. The number of aromatic nitrogens is 1. The van der Waals surface area contributed by atoms with Gasteiger partial charge in [0, 0.05) is 23.0 Å². The zero-order valence-electron chi connectivity index (χ0n) is 9.16. The van der Waals surface area contributed by atoms with Crippen molar-refractivity contribution in [2.45, 2.75) is 25.7 Å². The van der Waals surface area contributed by atoms with Crippen LogP contribution < -0.4 is 0 Å². The van der Waals surface area contributed by atoms with Gasteiger partial charge in [-0.3, -0.25) is 0 Å². The third-order valence-corrected chi connectivity index (χ3v) is 3.58. The predicted octanol–water partition coefficient (Wildman–Crippen LogP) is 3.19. The fraction of sp³-hybridized carbons (Fsp3) is 0.357. The maximum absolute atomic E-state index is 8.77. The van der Waals surface area contributed by atoms with Gasteiger partial charge in [-0.15, -0.1) is 0 Å². The van der Waals surface area contributed by atoms with Crippen molar-refractivity contribution in [3.63, 3.8) is 0 Å². The zero-order valence-corrected chi connectivity index (χ0v) is 9.16. The van der Waals surface area contributed by atoms with Crippen LogP contribution in [0.5, 0.6) is 0 Å². The van der Waals surface area contributed by atoms with Gasteiger partial charge >= 0.3 is 0 Å². The number of aryl methyl sites for hydroxylation is 1. The van der Waals surface area contributed by atoms with Gasteiger partial charge in [0.05, 0.1) is 6.07 Å². The number of fused-ring (bicyclic) bond motifs is 3. The minimum Gasteiger partial charge on any atom is -0.358 e. The Kier molecular flexibility index (Phi) is 2.18. The molecular formula is C14H14N2. The average Bonchev–Trinajstić information content (AvgIpc) is 2.68.